The SMILES string of the molecule is CC(C)(F)C1(c2ccc(Cl)cc2)CCC1. The topological polar surface area (TPSA) is 0 Å². The first-order valence-electron chi connectivity index (χ1n) is 5.41. The monoisotopic (exact) mass is 226 g/mol. The molecule has 0 radical (unpaired) electrons. The molecule has 1 fully saturated rings. The number of rotatable bonds is 2. The number of hydrogen-bond acceptors (Lipinski definition) is 0. The predicted molar refractivity (Wildman–Crippen MR) is 62.2 cm³/mol. The molecule has 0 saturated heterocycles. The van der Waals surface area contributed by atoms with E-state index in [9.17, 15) is 4.39 Å². The molecule has 2 heteroatoms. The molecule has 0 spiro atoms. The van der Waals surface area contributed by atoms with Crippen LogP contribution in [0.5, 0.6) is 0 Å². The maximum atomic E-state index is 14.2. The smallest absolute Gasteiger partial charge is 0.115 e. The van der Waals surface area contributed by atoms with Crippen molar-refractivity contribution >= 4 is 11.6 Å². The molecule has 0 bridgehead atoms. The Morgan fingerprint density at radius 1 is 1.20 bits per heavy atom. The summed E-state index contributed by atoms with van der Waals surface area (Å²) in [5, 5.41) is 0.713. The molecular weight excluding hydrogens is 211 g/mol. The van der Waals surface area contributed by atoms with Crippen LogP contribution in [0.25, 0.3) is 0 Å². The Hall–Kier alpha value is -0.560. The van der Waals surface area contributed by atoms with Crippen LogP contribution in [-0.4, -0.2) is 5.67 Å². The minimum Gasteiger partial charge on any atom is -0.244 e. The van der Waals surface area contributed by atoms with Gasteiger partial charge in [-0.2, -0.15) is 0 Å². The van der Waals surface area contributed by atoms with Gasteiger partial charge in [0.05, 0.1) is 0 Å². The molecule has 0 amide bonds. The van der Waals surface area contributed by atoms with Crippen molar-refractivity contribution in [2.45, 2.75) is 44.2 Å². The van der Waals surface area contributed by atoms with Gasteiger partial charge in [-0.05, 0) is 44.4 Å². The first-order chi connectivity index (χ1) is 6.96. The van der Waals surface area contributed by atoms with Gasteiger partial charge in [-0.1, -0.05) is 30.2 Å². The highest BCUT2D eigenvalue weighted by molar-refractivity contribution is 6.30. The highest BCUT2D eigenvalue weighted by Gasteiger charge is 2.51. The van der Waals surface area contributed by atoms with Crippen LogP contribution in [0.4, 0.5) is 4.39 Å². The van der Waals surface area contributed by atoms with Crippen molar-refractivity contribution in [3.05, 3.63) is 34.9 Å². The molecule has 2 rings (SSSR count). The average molecular weight is 227 g/mol. The van der Waals surface area contributed by atoms with Gasteiger partial charge in [0, 0.05) is 10.4 Å². The number of hydrogen-bond donors (Lipinski definition) is 0. The number of halogens is 2. The summed E-state index contributed by atoms with van der Waals surface area (Å²) in [6, 6.07) is 7.62. The summed E-state index contributed by atoms with van der Waals surface area (Å²) in [4.78, 5) is 0. The van der Waals surface area contributed by atoms with E-state index in [-0.39, 0.29) is 5.41 Å². The quantitative estimate of drug-likeness (QED) is 0.696. The van der Waals surface area contributed by atoms with Crippen molar-refractivity contribution in [1.82, 2.24) is 0 Å². The molecular formula is C13H16ClF. The molecule has 1 saturated carbocycles. The Balaban J connectivity index is 2.39. The third-order valence-corrected chi connectivity index (χ3v) is 3.99. The predicted octanol–water partition coefficient (Wildman–Crippen LogP) is 4.51. The average Bonchev–Trinajstić information content (AvgIpc) is 2.03. The molecule has 0 atom stereocenters. The maximum absolute atomic E-state index is 14.2. The van der Waals surface area contributed by atoms with Crippen LogP contribution in [0.15, 0.2) is 24.3 Å². The Labute approximate surface area is 95.4 Å². The van der Waals surface area contributed by atoms with Crippen LogP contribution < -0.4 is 0 Å². The number of benzene rings is 1. The van der Waals surface area contributed by atoms with Crippen molar-refractivity contribution in [3.63, 3.8) is 0 Å². The highest BCUT2D eigenvalue weighted by atomic mass is 35.5. The van der Waals surface area contributed by atoms with E-state index >= 15 is 0 Å². The summed E-state index contributed by atoms with van der Waals surface area (Å²) in [6.07, 6.45) is 3.01. The van der Waals surface area contributed by atoms with Gasteiger partial charge in [-0.15, -0.1) is 0 Å². The second-order valence-electron chi connectivity index (χ2n) is 4.92. The van der Waals surface area contributed by atoms with Crippen LogP contribution in [0, 0.1) is 0 Å². The fourth-order valence-electron chi connectivity index (χ4n) is 2.53. The summed E-state index contributed by atoms with van der Waals surface area (Å²) in [5.74, 6) is 0. The van der Waals surface area contributed by atoms with Crippen molar-refractivity contribution in [2.24, 2.45) is 0 Å². The molecule has 0 N–H and O–H groups in total. The second-order valence-corrected chi connectivity index (χ2v) is 5.35. The lowest BCUT2D eigenvalue weighted by Gasteiger charge is -2.49. The van der Waals surface area contributed by atoms with E-state index in [4.69, 9.17) is 11.6 Å². The first kappa shape index (κ1) is 10.9. The van der Waals surface area contributed by atoms with E-state index in [1.807, 2.05) is 24.3 Å². The van der Waals surface area contributed by atoms with Gasteiger partial charge in [0.1, 0.15) is 5.67 Å². The number of alkyl halides is 1. The minimum atomic E-state index is -1.15. The summed E-state index contributed by atoms with van der Waals surface area (Å²) >= 11 is 5.84. The normalized spacial score (nSPS) is 19.7. The molecule has 0 nitrogen and oxygen atoms in total. The molecule has 1 aromatic rings. The van der Waals surface area contributed by atoms with E-state index in [0.717, 1.165) is 24.8 Å². The molecule has 0 heterocycles. The van der Waals surface area contributed by atoms with Gasteiger partial charge in [0.15, 0.2) is 0 Å². The molecule has 0 unspecified atom stereocenters. The fourth-order valence-corrected chi connectivity index (χ4v) is 2.65. The zero-order chi connectivity index (χ0) is 11.1. The van der Waals surface area contributed by atoms with Crippen molar-refractivity contribution < 1.29 is 4.39 Å². The Kier molecular flexibility index (Phi) is 2.54. The lowest BCUT2D eigenvalue weighted by atomic mass is 9.57. The van der Waals surface area contributed by atoms with E-state index in [2.05, 4.69) is 0 Å². The summed E-state index contributed by atoms with van der Waals surface area (Å²) in [6.45, 7) is 3.36. The van der Waals surface area contributed by atoms with E-state index in [1.165, 1.54) is 0 Å². The van der Waals surface area contributed by atoms with Crippen LogP contribution >= 0.6 is 11.6 Å². The fraction of sp³-hybridized carbons (Fsp3) is 0.538. The molecule has 82 valence electrons. The largest absolute Gasteiger partial charge is 0.244 e. The highest BCUT2D eigenvalue weighted by Crippen LogP contribution is 2.52. The Morgan fingerprint density at radius 2 is 1.73 bits per heavy atom. The lowest BCUT2D eigenvalue weighted by molar-refractivity contribution is 0.0268. The van der Waals surface area contributed by atoms with Crippen LogP contribution in [-0.2, 0) is 5.41 Å². The molecule has 1 aliphatic carbocycles. The standard InChI is InChI=1S/C13H16ClF/c1-12(2,15)13(8-3-9-13)10-4-6-11(14)7-5-10/h4-7H,3,8-9H2,1-2H3. The Morgan fingerprint density at radius 3 is 2.07 bits per heavy atom. The summed E-state index contributed by atoms with van der Waals surface area (Å²) in [7, 11) is 0. The van der Waals surface area contributed by atoms with Gasteiger partial charge in [-0.25, -0.2) is 4.39 Å². The van der Waals surface area contributed by atoms with Crippen molar-refractivity contribution in [1.29, 1.82) is 0 Å². The van der Waals surface area contributed by atoms with Gasteiger partial charge in [0.2, 0.25) is 0 Å². The molecule has 0 aliphatic heterocycles. The zero-order valence-electron chi connectivity index (χ0n) is 9.19. The lowest BCUT2D eigenvalue weighted by Crippen LogP contribution is -2.49. The molecule has 1 aromatic carbocycles. The van der Waals surface area contributed by atoms with Gasteiger partial charge in [-0.3, -0.25) is 0 Å². The van der Waals surface area contributed by atoms with E-state index < -0.39 is 5.67 Å². The third-order valence-electron chi connectivity index (χ3n) is 3.74. The second kappa shape index (κ2) is 3.48. The van der Waals surface area contributed by atoms with Crippen molar-refractivity contribution in [3.8, 4) is 0 Å². The molecule has 15 heavy (non-hydrogen) atoms. The first-order valence-corrected chi connectivity index (χ1v) is 5.78. The van der Waals surface area contributed by atoms with Gasteiger partial charge >= 0.3 is 0 Å². The van der Waals surface area contributed by atoms with Gasteiger partial charge < -0.3 is 0 Å². The summed E-state index contributed by atoms with van der Waals surface area (Å²) in [5.41, 5.74) is -0.345. The van der Waals surface area contributed by atoms with Gasteiger partial charge in [0.25, 0.3) is 0 Å². The Bertz CT molecular complexity index is 344. The minimum absolute atomic E-state index is 0.280. The zero-order valence-corrected chi connectivity index (χ0v) is 9.94. The van der Waals surface area contributed by atoms with Crippen LogP contribution in [0.1, 0.15) is 38.7 Å². The molecule has 1 aliphatic rings. The van der Waals surface area contributed by atoms with Crippen molar-refractivity contribution in [2.75, 3.05) is 0 Å². The maximum Gasteiger partial charge on any atom is 0.115 e. The van der Waals surface area contributed by atoms with Crippen LogP contribution in [0.3, 0.4) is 0 Å². The van der Waals surface area contributed by atoms with E-state index in [0.29, 0.717) is 5.02 Å². The van der Waals surface area contributed by atoms with Crippen LogP contribution in [0.2, 0.25) is 5.02 Å². The van der Waals surface area contributed by atoms with E-state index in [1.54, 1.807) is 13.8 Å². The molecule has 0 aromatic heterocycles. The third kappa shape index (κ3) is 1.67. The summed E-state index contributed by atoms with van der Waals surface area (Å²) < 4.78 is 14.2.